The average Bonchev–Trinajstić information content (AvgIpc) is 3.14. The Balaban J connectivity index is 4.48. The molecule has 0 saturated carbocycles. The first kappa shape index (κ1) is 51.8. The number of unbranched alkanes of at least 4 members (excludes halogenated alkanes) is 24. The zero-order valence-electron chi connectivity index (χ0n) is 33.7. The third-order valence-electron chi connectivity index (χ3n) is 9.31. The number of esters is 2. The zero-order valence-corrected chi connectivity index (χ0v) is 35.5. The Kier molecular flexibility index (Phi) is 36.9. The average molecular weight is 795 g/mol. The molecule has 0 rings (SSSR count). The number of thiol groups is 1. The largest absolute Gasteiger partial charge is 0.472 e. The van der Waals surface area contributed by atoms with Crippen molar-refractivity contribution in [3.8, 4) is 0 Å². The number of carbonyl (C=O) groups excluding carboxylic acids is 3. The summed E-state index contributed by atoms with van der Waals surface area (Å²) in [5.41, 5.74) is 5.58. The maximum atomic E-state index is 12.7. The van der Waals surface area contributed by atoms with Gasteiger partial charge in [-0.05, 0) is 12.8 Å². The van der Waals surface area contributed by atoms with Crippen LogP contribution in [-0.4, -0.2) is 67.0 Å². The van der Waals surface area contributed by atoms with E-state index < -0.39 is 44.4 Å². The van der Waals surface area contributed by atoms with Gasteiger partial charge in [-0.2, -0.15) is 12.6 Å². The molecule has 3 atom stereocenters. The molecule has 53 heavy (non-hydrogen) atoms. The second-order valence-electron chi connectivity index (χ2n) is 14.5. The van der Waals surface area contributed by atoms with Crippen molar-refractivity contribution in [3.05, 3.63) is 0 Å². The molecular weight excluding hydrogens is 715 g/mol. The lowest BCUT2D eigenvalue weighted by Crippen LogP contribution is -2.42. The molecule has 4 N–H and O–H groups in total. The second kappa shape index (κ2) is 37.7. The molecule has 0 radical (unpaired) electrons. The summed E-state index contributed by atoms with van der Waals surface area (Å²) < 4.78 is 33.3. The van der Waals surface area contributed by atoms with Crippen LogP contribution in [-0.2, 0) is 37.5 Å². The van der Waals surface area contributed by atoms with Gasteiger partial charge in [0.1, 0.15) is 6.61 Å². The van der Waals surface area contributed by atoms with Crippen molar-refractivity contribution >= 4 is 38.3 Å². The summed E-state index contributed by atoms with van der Waals surface area (Å²) in [5.74, 6) is -1.21. The van der Waals surface area contributed by atoms with E-state index in [0.717, 1.165) is 32.1 Å². The van der Waals surface area contributed by atoms with Crippen molar-refractivity contribution in [2.45, 2.75) is 206 Å². The van der Waals surface area contributed by atoms with Gasteiger partial charge in [0.2, 0.25) is 5.91 Å². The first-order valence-corrected chi connectivity index (χ1v) is 23.4. The molecule has 0 heterocycles. The van der Waals surface area contributed by atoms with Crippen LogP contribution < -0.4 is 11.1 Å². The highest BCUT2D eigenvalue weighted by Crippen LogP contribution is 2.43. The molecule has 0 bridgehead atoms. The van der Waals surface area contributed by atoms with Gasteiger partial charge in [0.25, 0.3) is 0 Å². The van der Waals surface area contributed by atoms with E-state index in [1.807, 2.05) is 0 Å². The molecule has 1 amide bonds. The predicted molar refractivity (Wildman–Crippen MR) is 218 cm³/mol. The predicted octanol–water partition coefficient (Wildman–Crippen LogP) is 9.91. The summed E-state index contributed by atoms with van der Waals surface area (Å²) >= 11 is 3.96. The molecule has 13 heteroatoms. The quantitative estimate of drug-likeness (QED) is 0.0203. The molecule has 0 aliphatic rings. The standard InChI is InChI=1S/C40H79N2O9PS/c1-3-5-7-9-11-13-15-17-19-21-23-25-27-29-38(43)48-33-36(34-50-52(46,47)49-32-31-42-40(45)37(41)35-53)51-39(44)30-28-26-24-22-20-18-16-14-12-10-8-6-4-2/h36-37,53H,3-35,41H2,1-2H3,(H,42,45)(H,46,47)/t36-,37+/m1/s1. The molecule has 0 aromatic heterocycles. The van der Waals surface area contributed by atoms with E-state index in [9.17, 15) is 23.8 Å². The topological polar surface area (TPSA) is 163 Å². The summed E-state index contributed by atoms with van der Waals surface area (Å²) in [6.45, 7) is 3.31. The summed E-state index contributed by atoms with van der Waals surface area (Å²) in [4.78, 5) is 47.0. The lowest BCUT2D eigenvalue weighted by molar-refractivity contribution is -0.161. The first-order chi connectivity index (χ1) is 25.6. The number of rotatable bonds is 40. The van der Waals surface area contributed by atoms with Crippen molar-refractivity contribution in [2.75, 3.05) is 32.1 Å². The monoisotopic (exact) mass is 795 g/mol. The number of phosphoric ester groups is 1. The minimum atomic E-state index is -4.55. The number of hydrogen-bond donors (Lipinski definition) is 4. The summed E-state index contributed by atoms with van der Waals surface area (Å²) in [6, 6.07) is -0.807. The molecule has 0 spiro atoms. The van der Waals surface area contributed by atoms with Crippen molar-refractivity contribution in [3.63, 3.8) is 0 Å². The third-order valence-corrected chi connectivity index (χ3v) is 10.7. The van der Waals surface area contributed by atoms with Crippen LogP contribution in [0.5, 0.6) is 0 Å². The molecule has 0 aromatic carbocycles. The minimum Gasteiger partial charge on any atom is -0.462 e. The van der Waals surface area contributed by atoms with Gasteiger partial charge in [-0.1, -0.05) is 168 Å². The van der Waals surface area contributed by atoms with Crippen molar-refractivity contribution in [1.29, 1.82) is 0 Å². The van der Waals surface area contributed by atoms with E-state index >= 15 is 0 Å². The Bertz CT molecular complexity index is 931. The fourth-order valence-electron chi connectivity index (χ4n) is 5.96. The van der Waals surface area contributed by atoms with Crippen LogP contribution in [0.1, 0.15) is 194 Å². The SMILES string of the molecule is CCCCCCCCCCCCCCCC(=O)OC[C@H](COP(=O)(O)OCCNC(=O)[C@@H](N)CS)OC(=O)CCCCCCCCCCCCCCC. The molecule has 1 unspecified atom stereocenters. The lowest BCUT2D eigenvalue weighted by Gasteiger charge is -2.20. The number of carbonyl (C=O) groups is 3. The van der Waals surface area contributed by atoms with E-state index in [1.165, 1.54) is 122 Å². The Labute approximate surface area is 328 Å². The lowest BCUT2D eigenvalue weighted by atomic mass is 10.0. The number of nitrogens with two attached hydrogens (primary N) is 1. The minimum absolute atomic E-state index is 0.0669. The maximum absolute atomic E-state index is 12.7. The number of hydrogen-bond acceptors (Lipinski definition) is 10. The van der Waals surface area contributed by atoms with Crippen LogP contribution in [0.4, 0.5) is 0 Å². The van der Waals surface area contributed by atoms with Gasteiger partial charge in [-0.15, -0.1) is 0 Å². The summed E-state index contributed by atoms with van der Waals surface area (Å²) in [6.07, 6.45) is 30.6. The van der Waals surface area contributed by atoms with E-state index in [0.29, 0.717) is 12.8 Å². The van der Waals surface area contributed by atoms with Crippen molar-refractivity contribution < 1.29 is 42.4 Å². The highest BCUT2D eigenvalue weighted by molar-refractivity contribution is 7.80. The number of nitrogens with one attached hydrogen (secondary N) is 1. The Morgan fingerprint density at radius 3 is 1.43 bits per heavy atom. The molecule has 11 nitrogen and oxygen atoms in total. The van der Waals surface area contributed by atoms with Crippen LogP contribution in [0.2, 0.25) is 0 Å². The molecule has 314 valence electrons. The van der Waals surface area contributed by atoms with E-state index in [2.05, 4.69) is 31.8 Å². The second-order valence-corrected chi connectivity index (χ2v) is 16.3. The van der Waals surface area contributed by atoms with Crippen molar-refractivity contribution in [2.24, 2.45) is 5.73 Å². The van der Waals surface area contributed by atoms with Crippen LogP contribution in [0.15, 0.2) is 0 Å². The Morgan fingerprint density at radius 2 is 1.02 bits per heavy atom. The fraction of sp³-hybridized carbons (Fsp3) is 0.925. The molecule has 0 aromatic rings. The normalized spacial score (nSPS) is 13.7. The van der Waals surface area contributed by atoms with Crippen LogP contribution >= 0.6 is 20.5 Å². The summed E-state index contributed by atoms with van der Waals surface area (Å²) in [5, 5.41) is 2.47. The summed E-state index contributed by atoms with van der Waals surface area (Å²) in [7, 11) is -4.55. The van der Waals surface area contributed by atoms with E-state index in [1.54, 1.807) is 0 Å². The van der Waals surface area contributed by atoms with Gasteiger partial charge >= 0.3 is 19.8 Å². The molecule has 0 aliphatic carbocycles. The highest BCUT2D eigenvalue weighted by Gasteiger charge is 2.26. The van der Waals surface area contributed by atoms with Gasteiger partial charge in [-0.3, -0.25) is 23.4 Å². The zero-order chi connectivity index (χ0) is 39.3. The number of amides is 1. The maximum Gasteiger partial charge on any atom is 0.472 e. The van der Waals surface area contributed by atoms with Gasteiger partial charge in [0.15, 0.2) is 6.10 Å². The number of phosphoric acid groups is 1. The fourth-order valence-corrected chi connectivity index (χ4v) is 6.87. The number of ether oxygens (including phenoxy) is 2. The van der Waals surface area contributed by atoms with Gasteiger partial charge in [0, 0.05) is 25.1 Å². The van der Waals surface area contributed by atoms with Crippen molar-refractivity contribution in [1.82, 2.24) is 5.32 Å². The molecular formula is C40H79N2O9PS. The van der Waals surface area contributed by atoms with Crippen LogP contribution in [0.25, 0.3) is 0 Å². The molecule has 0 aliphatic heterocycles. The Hall–Kier alpha value is -1.17. The van der Waals surface area contributed by atoms with Crippen LogP contribution in [0, 0.1) is 0 Å². The van der Waals surface area contributed by atoms with Gasteiger partial charge in [0.05, 0.1) is 19.3 Å². The van der Waals surface area contributed by atoms with E-state index in [-0.39, 0.29) is 38.4 Å². The highest BCUT2D eigenvalue weighted by atomic mass is 32.1. The first-order valence-electron chi connectivity index (χ1n) is 21.3. The third kappa shape index (κ3) is 36.2. The molecule has 0 fully saturated rings. The smallest absolute Gasteiger partial charge is 0.462 e. The van der Waals surface area contributed by atoms with E-state index in [4.69, 9.17) is 24.3 Å². The van der Waals surface area contributed by atoms with Gasteiger partial charge < -0.3 is 25.4 Å². The molecule has 0 saturated heterocycles. The van der Waals surface area contributed by atoms with Crippen LogP contribution in [0.3, 0.4) is 0 Å². The van der Waals surface area contributed by atoms with Gasteiger partial charge in [-0.25, -0.2) is 4.57 Å². The Morgan fingerprint density at radius 1 is 0.623 bits per heavy atom.